The Hall–Kier alpha value is -1.70. The fourth-order valence-electron chi connectivity index (χ4n) is 2.52. The van der Waals surface area contributed by atoms with Crippen LogP contribution >= 0.6 is 0 Å². The summed E-state index contributed by atoms with van der Waals surface area (Å²) in [7, 11) is 0. The zero-order valence-electron chi connectivity index (χ0n) is 12.1. The van der Waals surface area contributed by atoms with Crippen molar-refractivity contribution in [2.75, 3.05) is 13.1 Å². The summed E-state index contributed by atoms with van der Waals surface area (Å²) in [6.45, 7) is 3.38. The molecule has 1 saturated heterocycles. The number of carboxylic acids is 1. The molecule has 1 aliphatic heterocycles. The van der Waals surface area contributed by atoms with Crippen LogP contribution in [-0.2, 0) is 4.79 Å². The van der Waals surface area contributed by atoms with E-state index in [-0.39, 0.29) is 18.5 Å². The number of likely N-dealkylation sites (tertiary alicyclic amines) is 1. The van der Waals surface area contributed by atoms with Gasteiger partial charge in [0.2, 0.25) is 0 Å². The average molecular weight is 280 g/mol. The summed E-state index contributed by atoms with van der Waals surface area (Å²) in [5, 5.41) is 11.7. The molecular formula is C15H24N2O3. The SMILES string of the molecule is C#CCC(CC)NC(=O)N1CCCC(CCC(=O)O)C1. The van der Waals surface area contributed by atoms with E-state index < -0.39 is 5.97 Å². The number of nitrogens with one attached hydrogen (secondary N) is 1. The van der Waals surface area contributed by atoms with Crippen LogP contribution in [0.2, 0.25) is 0 Å². The lowest BCUT2D eigenvalue weighted by atomic mass is 9.93. The molecular weight excluding hydrogens is 256 g/mol. The van der Waals surface area contributed by atoms with E-state index in [1.54, 1.807) is 4.90 Å². The van der Waals surface area contributed by atoms with Crippen molar-refractivity contribution >= 4 is 12.0 Å². The second-order valence-corrected chi connectivity index (χ2v) is 5.35. The lowest BCUT2D eigenvalue weighted by molar-refractivity contribution is -0.137. The van der Waals surface area contributed by atoms with E-state index in [9.17, 15) is 9.59 Å². The van der Waals surface area contributed by atoms with Gasteiger partial charge >= 0.3 is 12.0 Å². The minimum absolute atomic E-state index is 0.0203. The largest absolute Gasteiger partial charge is 0.481 e. The van der Waals surface area contributed by atoms with Gasteiger partial charge in [0.15, 0.2) is 0 Å². The van der Waals surface area contributed by atoms with E-state index in [0.29, 0.717) is 25.3 Å². The van der Waals surface area contributed by atoms with Gasteiger partial charge in [0.05, 0.1) is 0 Å². The molecule has 0 radical (unpaired) electrons. The fourth-order valence-corrected chi connectivity index (χ4v) is 2.52. The summed E-state index contributed by atoms with van der Waals surface area (Å²) >= 11 is 0. The molecule has 0 aliphatic carbocycles. The first kappa shape index (κ1) is 16.4. The van der Waals surface area contributed by atoms with Gasteiger partial charge in [-0.25, -0.2) is 4.79 Å². The lowest BCUT2D eigenvalue weighted by Gasteiger charge is -2.33. The molecule has 5 heteroatoms. The molecule has 2 amide bonds. The molecule has 0 aromatic heterocycles. The summed E-state index contributed by atoms with van der Waals surface area (Å²) in [5.41, 5.74) is 0. The third kappa shape index (κ3) is 5.52. The molecule has 2 N–H and O–H groups in total. The first-order chi connectivity index (χ1) is 9.56. The number of urea groups is 1. The van der Waals surface area contributed by atoms with E-state index in [2.05, 4.69) is 11.2 Å². The number of carbonyl (C=O) groups is 2. The van der Waals surface area contributed by atoms with Crippen LogP contribution in [0.5, 0.6) is 0 Å². The summed E-state index contributed by atoms with van der Waals surface area (Å²) in [6.07, 6.45) is 9.38. The van der Waals surface area contributed by atoms with Crippen LogP contribution in [0.25, 0.3) is 0 Å². The molecule has 20 heavy (non-hydrogen) atoms. The highest BCUT2D eigenvalue weighted by Crippen LogP contribution is 2.21. The highest BCUT2D eigenvalue weighted by Gasteiger charge is 2.24. The standard InChI is InChI=1S/C15H24N2O3/c1-3-6-13(4-2)16-15(20)17-10-5-7-12(11-17)8-9-14(18)19/h1,12-13H,4-11H2,2H3,(H,16,20)(H,18,19). The Morgan fingerprint density at radius 3 is 2.90 bits per heavy atom. The maximum absolute atomic E-state index is 12.2. The molecule has 0 aromatic rings. The van der Waals surface area contributed by atoms with Gasteiger partial charge in [0, 0.05) is 32.0 Å². The normalized spacial score (nSPS) is 20.0. The molecule has 1 aliphatic rings. The first-order valence-electron chi connectivity index (χ1n) is 7.27. The average Bonchev–Trinajstić information content (AvgIpc) is 2.44. The van der Waals surface area contributed by atoms with Crippen LogP contribution in [0.1, 0.15) is 45.4 Å². The fraction of sp³-hybridized carbons (Fsp3) is 0.733. The van der Waals surface area contributed by atoms with Gasteiger partial charge in [0.1, 0.15) is 0 Å². The predicted molar refractivity (Wildman–Crippen MR) is 77.2 cm³/mol. The quantitative estimate of drug-likeness (QED) is 0.732. The van der Waals surface area contributed by atoms with Gasteiger partial charge in [0.25, 0.3) is 0 Å². The number of amides is 2. The van der Waals surface area contributed by atoms with Gasteiger partial charge < -0.3 is 15.3 Å². The Morgan fingerprint density at radius 2 is 2.30 bits per heavy atom. The summed E-state index contributed by atoms with van der Waals surface area (Å²) < 4.78 is 0. The molecule has 5 nitrogen and oxygen atoms in total. The van der Waals surface area contributed by atoms with Gasteiger partial charge in [-0.05, 0) is 31.6 Å². The minimum atomic E-state index is -0.772. The van der Waals surface area contributed by atoms with E-state index in [4.69, 9.17) is 11.5 Å². The van der Waals surface area contributed by atoms with Crippen molar-refractivity contribution in [1.82, 2.24) is 10.2 Å². The Morgan fingerprint density at radius 1 is 1.55 bits per heavy atom. The molecule has 2 unspecified atom stereocenters. The lowest BCUT2D eigenvalue weighted by Crippen LogP contribution is -2.48. The first-order valence-corrected chi connectivity index (χ1v) is 7.27. The van der Waals surface area contributed by atoms with Gasteiger partial charge in [-0.3, -0.25) is 4.79 Å². The Bertz CT molecular complexity index is 376. The van der Waals surface area contributed by atoms with Gasteiger partial charge in [-0.15, -0.1) is 12.3 Å². The van der Waals surface area contributed by atoms with Crippen molar-refractivity contribution in [1.29, 1.82) is 0 Å². The van der Waals surface area contributed by atoms with Gasteiger partial charge in [-0.2, -0.15) is 0 Å². The summed E-state index contributed by atoms with van der Waals surface area (Å²) in [6, 6.07) is -0.0565. The molecule has 2 atom stereocenters. The predicted octanol–water partition coefficient (Wildman–Crippen LogP) is 2.07. The third-order valence-corrected chi connectivity index (χ3v) is 3.76. The molecule has 1 rings (SSSR count). The van der Waals surface area contributed by atoms with E-state index in [1.807, 2.05) is 6.92 Å². The van der Waals surface area contributed by atoms with Crippen LogP contribution in [0.3, 0.4) is 0 Å². The molecule has 1 heterocycles. The minimum Gasteiger partial charge on any atom is -0.481 e. The van der Waals surface area contributed by atoms with E-state index in [0.717, 1.165) is 25.8 Å². The topological polar surface area (TPSA) is 69.6 Å². The number of hydrogen-bond donors (Lipinski definition) is 2. The van der Waals surface area contributed by atoms with Crippen LogP contribution in [0, 0.1) is 18.3 Å². The Balaban J connectivity index is 2.43. The third-order valence-electron chi connectivity index (χ3n) is 3.76. The zero-order chi connectivity index (χ0) is 15.0. The second-order valence-electron chi connectivity index (χ2n) is 5.35. The molecule has 112 valence electrons. The Labute approximate surface area is 120 Å². The number of rotatable bonds is 6. The maximum Gasteiger partial charge on any atom is 0.317 e. The van der Waals surface area contributed by atoms with Crippen molar-refractivity contribution in [3.8, 4) is 12.3 Å². The van der Waals surface area contributed by atoms with Crippen LogP contribution in [0.15, 0.2) is 0 Å². The maximum atomic E-state index is 12.2. The van der Waals surface area contributed by atoms with E-state index in [1.165, 1.54) is 0 Å². The number of terminal acetylenes is 1. The highest BCUT2D eigenvalue weighted by atomic mass is 16.4. The molecule has 0 bridgehead atoms. The van der Waals surface area contributed by atoms with Crippen molar-refractivity contribution in [3.05, 3.63) is 0 Å². The number of carboxylic acid groups (broad SMARTS) is 1. The molecule has 0 spiro atoms. The monoisotopic (exact) mass is 280 g/mol. The number of carbonyl (C=O) groups excluding carboxylic acids is 1. The molecule has 0 saturated carbocycles. The molecule has 0 aromatic carbocycles. The van der Waals surface area contributed by atoms with Crippen LogP contribution in [0.4, 0.5) is 4.79 Å². The summed E-state index contributed by atoms with van der Waals surface area (Å²) in [5.74, 6) is 2.09. The molecule has 1 fully saturated rings. The zero-order valence-corrected chi connectivity index (χ0v) is 12.1. The van der Waals surface area contributed by atoms with Crippen molar-refractivity contribution < 1.29 is 14.7 Å². The van der Waals surface area contributed by atoms with E-state index >= 15 is 0 Å². The number of aliphatic carboxylic acids is 1. The van der Waals surface area contributed by atoms with Crippen LogP contribution in [-0.4, -0.2) is 41.1 Å². The number of nitrogens with zero attached hydrogens (tertiary/aromatic N) is 1. The number of hydrogen-bond acceptors (Lipinski definition) is 2. The smallest absolute Gasteiger partial charge is 0.317 e. The van der Waals surface area contributed by atoms with Crippen LogP contribution < -0.4 is 5.32 Å². The number of piperidine rings is 1. The van der Waals surface area contributed by atoms with Crippen molar-refractivity contribution in [2.24, 2.45) is 5.92 Å². The van der Waals surface area contributed by atoms with Crippen molar-refractivity contribution in [2.45, 2.75) is 51.5 Å². The van der Waals surface area contributed by atoms with Crippen molar-refractivity contribution in [3.63, 3.8) is 0 Å². The second kappa shape index (κ2) is 8.47. The summed E-state index contributed by atoms with van der Waals surface area (Å²) in [4.78, 5) is 24.5. The van der Waals surface area contributed by atoms with Gasteiger partial charge in [-0.1, -0.05) is 6.92 Å². The Kier molecular flexibility index (Phi) is 6.92. The highest BCUT2D eigenvalue weighted by molar-refractivity contribution is 5.74.